The maximum atomic E-state index is 12.9. The van der Waals surface area contributed by atoms with Gasteiger partial charge in [-0.05, 0) is 48.5 Å². The molecule has 0 heterocycles. The van der Waals surface area contributed by atoms with E-state index in [1.54, 1.807) is 42.5 Å². The van der Waals surface area contributed by atoms with Crippen LogP contribution in [0.2, 0.25) is 5.02 Å². The molecule has 0 aromatic heterocycles. The molecule has 0 aliphatic carbocycles. The Balaban J connectivity index is 1.63. The van der Waals surface area contributed by atoms with Gasteiger partial charge in [-0.3, -0.25) is 9.59 Å². The van der Waals surface area contributed by atoms with E-state index in [0.29, 0.717) is 5.56 Å². The summed E-state index contributed by atoms with van der Waals surface area (Å²) in [5, 5.41) is 6.27. The molecule has 0 aliphatic heterocycles. The van der Waals surface area contributed by atoms with Gasteiger partial charge in [-0.15, -0.1) is 0 Å². The molecule has 156 valence electrons. The van der Waals surface area contributed by atoms with Crippen molar-refractivity contribution in [2.45, 2.75) is 0 Å². The highest BCUT2D eigenvalue weighted by atomic mass is 35.5. The van der Waals surface area contributed by atoms with Gasteiger partial charge < -0.3 is 10.1 Å². The van der Waals surface area contributed by atoms with E-state index >= 15 is 0 Å². The first-order valence-electron chi connectivity index (χ1n) is 8.90. The molecule has 2 amide bonds. The summed E-state index contributed by atoms with van der Waals surface area (Å²) in [5.41, 5.74) is 2.89. The van der Waals surface area contributed by atoms with Crippen LogP contribution in [0.3, 0.4) is 0 Å². The minimum Gasteiger partial charge on any atom is -0.422 e. The predicted molar refractivity (Wildman–Crippen MR) is 114 cm³/mol. The van der Waals surface area contributed by atoms with Gasteiger partial charge in [0.15, 0.2) is 0 Å². The fourth-order valence-electron chi connectivity index (χ4n) is 2.39. The van der Waals surface area contributed by atoms with Crippen LogP contribution in [0.15, 0.2) is 77.9 Å². The molecule has 0 aliphatic rings. The number of ether oxygens (including phenoxy) is 1. The lowest BCUT2D eigenvalue weighted by Gasteiger charge is -2.08. The molecule has 0 atom stereocenters. The van der Waals surface area contributed by atoms with Crippen molar-refractivity contribution in [1.29, 1.82) is 0 Å². The number of anilines is 1. The second-order valence-electron chi connectivity index (χ2n) is 6.07. The molecule has 3 rings (SSSR count). The zero-order valence-electron chi connectivity index (χ0n) is 15.8. The summed E-state index contributed by atoms with van der Waals surface area (Å²) in [6.07, 6.45) is 1.22. The number of carbonyl (C=O) groups excluding carboxylic acids is 3. The average Bonchev–Trinajstić information content (AvgIpc) is 2.76. The van der Waals surface area contributed by atoms with Crippen molar-refractivity contribution < 1.29 is 23.5 Å². The van der Waals surface area contributed by atoms with Gasteiger partial charge in [0.05, 0.1) is 16.8 Å². The summed E-state index contributed by atoms with van der Waals surface area (Å²) in [6, 6.07) is 17.8. The van der Waals surface area contributed by atoms with E-state index in [0.717, 1.165) is 12.1 Å². The third kappa shape index (κ3) is 5.97. The van der Waals surface area contributed by atoms with Gasteiger partial charge in [0.2, 0.25) is 0 Å². The molecular formula is C22H15ClFN3O4. The number of nitrogens with one attached hydrogen (secondary N) is 2. The molecule has 3 aromatic rings. The smallest absolute Gasteiger partial charge is 0.345 e. The van der Waals surface area contributed by atoms with Crippen molar-refractivity contribution in [3.63, 3.8) is 0 Å². The maximum Gasteiger partial charge on any atom is 0.345 e. The van der Waals surface area contributed by atoms with Gasteiger partial charge in [-0.2, -0.15) is 5.10 Å². The van der Waals surface area contributed by atoms with Gasteiger partial charge >= 0.3 is 17.8 Å². The molecule has 2 N–H and O–H groups in total. The molecule has 0 bridgehead atoms. The number of carbonyl (C=O) groups is 3. The molecule has 0 unspecified atom stereocenters. The summed E-state index contributed by atoms with van der Waals surface area (Å²) in [6.45, 7) is 0. The van der Waals surface area contributed by atoms with Gasteiger partial charge in [0, 0.05) is 11.3 Å². The Morgan fingerprint density at radius 2 is 1.58 bits per heavy atom. The van der Waals surface area contributed by atoms with Crippen LogP contribution >= 0.6 is 11.6 Å². The molecule has 0 radical (unpaired) electrons. The number of hydrazone groups is 1. The molecule has 0 saturated carbocycles. The number of rotatable bonds is 5. The standard InChI is InChI=1S/C22H15ClFN3O4/c23-18-7-3-2-6-17(18)22(30)31-19-8-4-1-5-14(19)13-25-27-21(29)20(28)26-16-11-9-15(24)10-12-16/h1-13H,(H,26,28)(H,27,29)/b25-13+. The third-order valence-corrected chi connectivity index (χ3v) is 4.22. The Kier molecular flexibility index (Phi) is 7.08. The van der Waals surface area contributed by atoms with Crippen molar-refractivity contribution in [2.24, 2.45) is 5.10 Å². The first-order valence-corrected chi connectivity index (χ1v) is 9.27. The number of para-hydroxylation sites is 1. The normalized spacial score (nSPS) is 10.5. The molecule has 31 heavy (non-hydrogen) atoms. The van der Waals surface area contributed by atoms with Gasteiger partial charge in [-0.25, -0.2) is 14.6 Å². The summed E-state index contributed by atoms with van der Waals surface area (Å²) >= 11 is 6.01. The number of amides is 2. The van der Waals surface area contributed by atoms with Crippen LogP contribution in [-0.2, 0) is 9.59 Å². The highest BCUT2D eigenvalue weighted by Crippen LogP contribution is 2.21. The largest absolute Gasteiger partial charge is 0.422 e. The monoisotopic (exact) mass is 439 g/mol. The van der Waals surface area contributed by atoms with E-state index < -0.39 is 23.6 Å². The minimum absolute atomic E-state index is 0.182. The van der Waals surface area contributed by atoms with E-state index in [4.69, 9.17) is 16.3 Å². The van der Waals surface area contributed by atoms with Crippen LogP contribution in [0, 0.1) is 5.82 Å². The Labute approximate surface area is 181 Å². The molecule has 0 spiro atoms. The van der Waals surface area contributed by atoms with Gasteiger partial charge in [0.25, 0.3) is 0 Å². The van der Waals surface area contributed by atoms with Crippen molar-refractivity contribution in [2.75, 3.05) is 5.32 Å². The third-order valence-electron chi connectivity index (χ3n) is 3.89. The zero-order chi connectivity index (χ0) is 22.2. The van der Waals surface area contributed by atoms with Crippen molar-refractivity contribution in [1.82, 2.24) is 5.43 Å². The molecular weight excluding hydrogens is 425 g/mol. The average molecular weight is 440 g/mol. The van der Waals surface area contributed by atoms with Crippen LogP contribution in [0.1, 0.15) is 15.9 Å². The maximum absolute atomic E-state index is 12.9. The fraction of sp³-hybridized carbons (Fsp3) is 0. The van der Waals surface area contributed by atoms with Crippen molar-refractivity contribution in [3.05, 3.63) is 94.8 Å². The Hall–Kier alpha value is -4.04. The Morgan fingerprint density at radius 3 is 2.32 bits per heavy atom. The lowest BCUT2D eigenvalue weighted by Crippen LogP contribution is -2.32. The summed E-state index contributed by atoms with van der Waals surface area (Å²) in [7, 11) is 0. The topological polar surface area (TPSA) is 96.9 Å². The second-order valence-corrected chi connectivity index (χ2v) is 6.47. The van der Waals surface area contributed by atoms with E-state index in [1.807, 2.05) is 0 Å². The number of nitrogens with zero attached hydrogens (tertiary/aromatic N) is 1. The second kappa shape index (κ2) is 10.1. The van der Waals surface area contributed by atoms with Gasteiger partial charge in [-0.1, -0.05) is 35.9 Å². The zero-order valence-corrected chi connectivity index (χ0v) is 16.6. The van der Waals surface area contributed by atoms with E-state index in [-0.39, 0.29) is 22.0 Å². The SMILES string of the molecule is O=C(N/N=C/c1ccccc1OC(=O)c1ccccc1Cl)C(=O)Nc1ccc(F)cc1. The molecule has 0 saturated heterocycles. The van der Waals surface area contributed by atoms with E-state index in [2.05, 4.69) is 15.8 Å². The van der Waals surface area contributed by atoms with Crippen LogP contribution in [0.4, 0.5) is 10.1 Å². The number of hydrogen-bond acceptors (Lipinski definition) is 5. The number of halogens is 2. The first-order chi connectivity index (χ1) is 14.9. The van der Waals surface area contributed by atoms with E-state index in [9.17, 15) is 18.8 Å². The summed E-state index contributed by atoms with van der Waals surface area (Å²) in [4.78, 5) is 36.1. The molecule has 9 heteroatoms. The number of esters is 1. The molecule has 3 aromatic carbocycles. The highest BCUT2D eigenvalue weighted by Gasteiger charge is 2.15. The van der Waals surface area contributed by atoms with Crippen LogP contribution < -0.4 is 15.5 Å². The van der Waals surface area contributed by atoms with Gasteiger partial charge in [0.1, 0.15) is 11.6 Å². The molecule has 7 nitrogen and oxygen atoms in total. The summed E-state index contributed by atoms with van der Waals surface area (Å²) < 4.78 is 18.3. The number of benzene rings is 3. The van der Waals surface area contributed by atoms with Crippen LogP contribution in [0.5, 0.6) is 5.75 Å². The molecule has 0 fully saturated rings. The Morgan fingerprint density at radius 1 is 0.903 bits per heavy atom. The minimum atomic E-state index is -1.04. The quantitative estimate of drug-likeness (QED) is 0.208. The lowest BCUT2D eigenvalue weighted by molar-refractivity contribution is -0.136. The highest BCUT2D eigenvalue weighted by molar-refractivity contribution is 6.39. The predicted octanol–water partition coefficient (Wildman–Crippen LogP) is 3.79. The summed E-state index contributed by atoms with van der Waals surface area (Å²) in [5.74, 6) is -2.97. The van der Waals surface area contributed by atoms with Crippen LogP contribution in [0.25, 0.3) is 0 Å². The Bertz CT molecular complexity index is 1150. The van der Waals surface area contributed by atoms with E-state index in [1.165, 1.54) is 24.4 Å². The van der Waals surface area contributed by atoms with Crippen molar-refractivity contribution in [3.8, 4) is 5.75 Å². The fourth-order valence-corrected chi connectivity index (χ4v) is 2.61. The number of hydrogen-bond donors (Lipinski definition) is 2. The van der Waals surface area contributed by atoms with Crippen LogP contribution in [-0.4, -0.2) is 24.0 Å². The lowest BCUT2D eigenvalue weighted by atomic mass is 10.2. The van der Waals surface area contributed by atoms with Crippen molar-refractivity contribution >= 4 is 41.3 Å². The first kappa shape index (κ1) is 21.7.